The summed E-state index contributed by atoms with van der Waals surface area (Å²) in [5, 5.41) is 6.88. The van der Waals surface area contributed by atoms with Gasteiger partial charge in [0.1, 0.15) is 24.2 Å². The molecule has 12 heteroatoms. The van der Waals surface area contributed by atoms with Crippen molar-refractivity contribution in [1.29, 1.82) is 0 Å². The van der Waals surface area contributed by atoms with E-state index in [9.17, 15) is 13.6 Å². The van der Waals surface area contributed by atoms with E-state index in [-0.39, 0.29) is 42.3 Å². The largest absolute Gasteiger partial charge is 0.474 e. The van der Waals surface area contributed by atoms with E-state index in [1.54, 1.807) is 23.2 Å². The molecule has 4 heterocycles. The molecule has 6 rings (SSSR count). The Bertz CT molecular complexity index is 1440. The summed E-state index contributed by atoms with van der Waals surface area (Å²) in [5.41, 5.74) is 8.44. The Morgan fingerprint density at radius 2 is 1.95 bits per heavy atom. The third-order valence-electron chi connectivity index (χ3n) is 7.77. The van der Waals surface area contributed by atoms with Crippen molar-refractivity contribution in [3.05, 3.63) is 35.9 Å². The molecule has 3 aliphatic rings. The predicted octanol–water partition coefficient (Wildman–Crippen LogP) is 4.94. The molecule has 3 aromatic rings. The number of nitrogens with zero attached hydrogens (tertiary/aromatic N) is 3. The molecule has 0 radical (unpaired) electrons. The first-order chi connectivity index (χ1) is 18.7. The van der Waals surface area contributed by atoms with E-state index in [2.05, 4.69) is 20.6 Å². The lowest BCUT2D eigenvalue weighted by molar-refractivity contribution is -0.151. The second-order valence-electron chi connectivity index (χ2n) is 10.4. The monoisotopic (exact) mass is 542 g/mol. The van der Waals surface area contributed by atoms with Gasteiger partial charge in [-0.15, -0.1) is 0 Å². The summed E-state index contributed by atoms with van der Waals surface area (Å²) in [5.74, 6) is -2.46. The van der Waals surface area contributed by atoms with Crippen molar-refractivity contribution < 1.29 is 27.4 Å². The minimum absolute atomic E-state index is 0.0535. The average molecular weight is 543 g/mol. The first-order valence-corrected chi connectivity index (χ1v) is 13.0. The van der Waals surface area contributed by atoms with Gasteiger partial charge in [-0.25, -0.2) is 27.9 Å². The number of nitrogen functional groups attached to an aromatic ring is 1. The summed E-state index contributed by atoms with van der Waals surface area (Å²) < 4.78 is 52.8. The fourth-order valence-corrected chi connectivity index (χ4v) is 5.67. The van der Waals surface area contributed by atoms with E-state index in [0.717, 1.165) is 5.56 Å². The summed E-state index contributed by atoms with van der Waals surface area (Å²) >= 11 is 0. The molecule has 2 fully saturated rings. The Morgan fingerprint density at radius 1 is 1.18 bits per heavy atom. The van der Waals surface area contributed by atoms with Crippen molar-refractivity contribution in [2.45, 2.75) is 50.7 Å². The molecule has 1 saturated heterocycles. The summed E-state index contributed by atoms with van der Waals surface area (Å²) in [4.78, 5) is 22.9. The molecule has 206 valence electrons. The molecule has 2 aromatic heterocycles. The zero-order chi connectivity index (χ0) is 27.3. The summed E-state index contributed by atoms with van der Waals surface area (Å²) in [6.45, 7) is 2.60. The van der Waals surface area contributed by atoms with Gasteiger partial charge in [-0.05, 0) is 55.7 Å². The third-order valence-corrected chi connectivity index (χ3v) is 7.77. The molecule has 0 spiro atoms. The number of benzene rings is 1. The highest BCUT2D eigenvalue weighted by atomic mass is 19.3. The standard InChI is InChI=1S/C27H29F3N6O3/c1-14-19(10-34-25-24(14)32-6-7-38-25)18-8-15-9-21(33-11-20(15)23(31)22(18)28)35-26(37)39-17-4-2-16(3-5-17)36-12-27(29,30)13-36/h8-11,16-17,32H,2-7,12-13,31H2,1H3,(H,33,35,37). The van der Waals surface area contributed by atoms with Crippen molar-refractivity contribution >= 4 is 34.1 Å². The van der Waals surface area contributed by atoms with Crippen molar-refractivity contribution in [3.63, 3.8) is 0 Å². The average Bonchev–Trinajstić information content (AvgIpc) is 2.90. The second-order valence-corrected chi connectivity index (χ2v) is 10.4. The van der Waals surface area contributed by atoms with E-state index in [1.807, 2.05) is 6.92 Å². The maximum atomic E-state index is 15.4. The molecule has 0 unspecified atom stereocenters. The van der Waals surface area contributed by atoms with Crippen LogP contribution in [0.25, 0.3) is 21.9 Å². The molecule has 1 aliphatic carbocycles. The smallest absolute Gasteiger partial charge is 0.413 e. The summed E-state index contributed by atoms with van der Waals surface area (Å²) in [6, 6.07) is 3.37. The fourth-order valence-electron chi connectivity index (χ4n) is 5.67. The van der Waals surface area contributed by atoms with Crippen LogP contribution in [0.1, 0.15) is 31.2 Å². The number of carbonyl (C=O) groups is 1. The van der Waals surface area contributed by atoms with E-state index in [0.29, 0.717) is 66.7 Å². The van der Waals surface area contributed by atoms with Gasteiger partial charge < -0.3 is 20.5 Å². The Kier molecular flexibility index (Phi) is 6.37. The number of nitrogens with one attached hydrogen (secondary N) is 2. The lowest BCUT2D eigenvalue weighted by Gasteiger charge is -2.45. The number of rotatable bonds is 4. The maximum Gasteiger partial charge on any atom is 0.413 e. The van der Waals surface area contributed by atoms with Crippen LogP contribution in [-0.2, 0) is 4.74 Å². The van der Waals surface area contributed by atoms with E-state index in [1.165, 1.54) is 6.20 Å². The van der Waals surface area contributed by atoms with Crippen LogP contribution in [0.2, 0.25) is 0 Å². The fraction of sp³-hybridized carbons (Fsp3) is 0.444. The number of pyridine rings is 2. The summed E-state index contributed by atoms with van der Waals surface area (Å²) in [6.07, 6.45) is 4.65. The first-order valence-electron chi connectivity index (χ1n) is 13.0. The van der Waals surface area contributed by atoms with Crippen LogP contribution < -0.4 is 21.1 Å². The molecule has 0 atom stereocenters. The molecule has 4 N–H and O–H groups in total. The van der Waals surface area contributed by atoms with Gasteiger partial charge in [0.25, 0.3) is 5.92 Å². The topological polar surface area (TPSA) is 115 Å². The zero-order valence-electron chi connectivity index (χ0n) is 21.4. The predicted molar refractivity (Wildman–Crippen MR) is 141 cm³/mol. The number of fused-ring (bicyclic) bond motifs is 2. The molecule has 1 aromatic carbocycles. The van der Waals surface area contributed by atoms with Crippen LogP contribution in [-0.4, -0.2) is 65.3 Å². The highest BCUT2D eigenvalue weighted by Crippen LogP contribution is 2.40. The van der Waals surface area contributed by atoms with Crippen molar-refractivity contribution in [3.8, 4) is 17.0 Å². The normalized spacial score (nSPS) is 22.3. The molecular weight excluding hydrogens is 513 g/mol. The highest BCUT2D eigenvalue weighted by molar-refractivity contribution is 5.99. The number of likely N-dealkylation sites (tertiary alicyclic amines) is 1. The van der Waals surface area contributed by atoms with Crippen LogP contribution in [0, 0.1) is 12.7 Å². The number of carbonyl (C=O) groups excluding carboxylic acids is 1. The van der Waals surface area contributed by atoms with Gasteiger partial charge in [0.05, 0.1) is 18.8 Å². The van der Waals surface area contributed by atoms with Gasteiger partial charge >= 0.3 is 6.09 Å². The number of anilines is 3. The van der Waals surface area contributed by atoms with Crippen LogP contribution >= 0.6 is 0 Å². The van der Waals surface area contributed by atoms with Crippen LogP contribution in [0.4, 0.5) is 35.2 Å². The molecule has 2 aliphatic heterocycles. The molecule has 39 heavy (non-hydrogen) atoms. The summed E-state index contributed by atoms with van der Waals surface area (Å²) in [7, 11) is 0. The van der Waals surface area contributed by atoms with Gasteiger partial charge in [0.15, 0.2) is 5.82 Å². The zero-order valence-corrected chi connectivity index (χ0v) is 21.4. The highest BCUT2D eigenvalue weighted by Gasteiger charge is 2.47. The van der Waals surface area contributed by atoms with Gasteiger partial charge in [-0.2, -0.15) is 0 Å². The van der Waals surface area contributed by atoms with Crippen LogP contribution in [0.5, 0.6) is 5.88 Å². The van der Waals surface area contributed by atoms with Crippen LogP contribution in [0.3, 0.4) is 0 Å². The third kappa shape index (κ3) is 4.88. The van der Waals surface area contributed by atoms with E-state index in [4.69, 9.17) is 15.2 Å². The number of amides is 1. The number of nitrogens with two attached hydrogens (primary N) is 1. The number of aromatic nitrogens is 2. The van der Waals surface area contributed by atoms with Gasteiger partial charge in [0, 0.05) is 41.5 Å². The number of hydrogen-bond donors (Lipinski definition) is 3. The number of ether oxygens (including phenoxy) is 2. The number of hydrogen-bond acceptors (Lipinski definition) is 8. The molecule has 0 bridgehead atoms. The molecule has 1 saturated carbocycles. The van der Waals surface area contributed by atoms with Gasteiger partial charge in [0.2, 0.25) is 5.88 Å². The number of halogens is 3. The lowest BCUT2D eigenvalue weighted by atomic mass is 9.89. The van der Waals surface area contributed by atoms with Crippen molar-refractivity contribution in [2.24, 2.45) is 0 Å². The van der Waals surface area contributed by atoms with Crippen molar-refractivity contribution in [2.75, 3.05) is 42.6 Å². The second kappa shape index (κ2) is 9.74. The Labute approximate surface area is 222 Å². The minimum atomic E-state index is -2.58. The Morgan fingerprint density at radius 3 is 2.69 bits per heavy atom. The number of alkyl halides is 2. The quantitative estimate of drug-likeness (QED) is 0.397. The van der Waals surface area contributed by atoms with Gasteiger partial charge in [-0.1, -0.05) is 0 Å². The molecule has 9 nitrogen and oxygen atoms in total. The lowest BCUT2D eigenvalue weighted by Crippen LogP contribution is -2.60. The molecule has 1 amide bonds. The molecular formula is C27H29F3N6O3. The maximum absolute atomic E-state index is 15.4. The SMILES string of the molecule is Cc1c(-c2cc3cc(NC(=O)OC4CCC(N5CC(F)(F)C5)CC4)ncc3c(N)c2F)cnc2c1NCCO2. The minimum Gasteiger partial charge on any atom is -0.474 e. The Hall–Kier alpha value is -3.80. The van der Waals surface area contributed by atoms with Crippen LogP contribution in [0.15, 0.2) is 24.5 Å². The van der Waals surface area contributed by atoms with Crippen molar-refractivity contribution in [1.82, 2.24) is 14.9 Å². The Balaban J connectivity index is 1.16. The van der Waals surface area contributed by atoms with Gasteiger partial charge in [-0.3, -0.25) is 10.2 Å². The van der Waals surface area contributed by atoms with E-state index >= 15 is 4.39 Å². The first kappa shape index (κ1) is 25.5. The van der Waals surface area contributed by atoms with E-state index < -0.39 is 17.8 Å².